The fourth-order valence-corrected chi connectivity index (χ4v) is 1.08. The SMILES string of the molecule is CCCOc1ccc(N)cc1C(F)F. The molecule has 14 heavy (non-hydrogen) atoms. The number of rotatable bonds is 4. The van der Waals surface area contributed by atoms with Gasteiger partial charge >= 0.3 is 0 Å². The predicted molar refractivity (Wildman–Crippen MR) is 51.6 cm³/mol. The number of anilines is 1. The van der Waals surface area contributed by atoms with E-state index >= 15 is 0 Å². The molecule has 0 aliphatic rings. The van der Waals surface area contributed by atoms with Gasteiger partial charge in [0.15, 0.2) is 0 Å². The number of hydrogen-bond acceptors (Lipinski definition) is 2. The van der Waals surface area contributed by atoms with E-state index in [2.05, 4.69) is 0 Å². The van der Waals surface area contributed by atoms with Crippen LogP contribution in [0.15, 0.2) is 18.2 Å². The Hall–Kier alpha value is -1.32. The van der Waals surface area contributed by atoms with E-state index in [1.807, 2.05) is 6.92 Å². The normalized spacial score (nSPS) is 10.6. The van der Waals surface area contributed by atoms with E-state index in [-0.39, 0.29) is 11.3 Å². The van der Waals surface area contributed by atoms with Crippen LogP contribution in [0.3, 0.4) is 0 Å². The molecule has 0 heterocycles. The highest BCUT2D eigenvalue weighted by atomic mass is 19.3. The maximum atomic E-state index is 12.5. The quantitative estimate of drug-likeness (QED) is 0.760. The number of halogens is 2. The topological polar surface area (TPSA) is 35.2 Å². The second kappa shape index (κ2) is 4.79. The molecule has 0 fully saturated rings. The monoisotopic (exact) mass is 201 g/mol. The number of nitrogens with two attached hydrogens (primary N) is 1. The summed E-state index contributed by atoms with van der Waals surface area (Å²) in [6, 6.07) is 4.28. The van der Waals surface area contributed by atoms with Crippen LogP contribution in [-0.4, -0.2) is 6.61 Å². The summed E-state index contributed by atoms with van der Waals surface area (Å²) in [4.78, 5) is 0. The lowest BCUT2D eigenvalue weighted by atomic mass is 10.2. The Kier molecular flexibility index (Phi) is 3.68. The first-order chi connectivity index (χ1) is 6.65. The maximum Gasteiger partial charge on any atom is 0.267 e. The molecule has 1 aromatic rings. The van der Waals surface area contributed by atoms with Gasteiger partial charge in [-0.25, -0.2) is 8.78 Å². The van der Waals surface area contributed by atoms with Crippen molar-refractivity contribution in [3.8, 4) is 5.75 Å². The molecule has 2 nitrogen and oxygen atoms in total. The molecule has 0 atom stereocenters. The molecule has 0 aliphatic carbocycles. The van der Waals surface area contributed by atoms with Crippen LogP contribution < -0.4 is 10.5 Å². The molecule has 1 aromatic carbocycles. The molecule has 0 unspecified atom stereocenters. The Bertz CT molecular complexity index is 302. The van der Waals surface area contributed by atoms with Gasteiger partial charge in [0.2, 0.25) is 0 Å². The second-order valence-corrected chi connectivity index (χ2v) is 2.95. The number of benzene rings is 1. The lowest BCUT2D eigenvalue weighted by molar-refractivity contribution is 0.145. The highest BCUT2D eigenvalue weighted by Gasteiger charge is 2.14. The molecule has 0 spiro atoms. The van der Waals surface area contributed by atoms with Gasteiger partial charge in [0.25, 0.3) is 6.43 Å². The maximum absolute atomic E-state index is 12.5. The molecule has 78 valence electrons. The molecule has 0 saturated heterocycles. The van der Waals surface area contributed by atoms with Crippen molar-refractivity contribution in [3.63, 3.8) is 0 Å². The van der Waals surface area contributed by atoms with Crippen molar-refractivity contribution in [2.24, 2.45) is 0 Å². The number of ether oxygens (including phenoxy) is 1. The molecule has 0 saturated carbocycles. The van der Waals surface area contributed by atoms with Crippen LogP contribution in [0.2, 0.25) is 0 Å². The van der Waals surface area contributed by atoms with Crippen LogP contribution in [0, 0.1) is 0 Å². The Labute approximate surface area is 81.7 Å². The van der Waals surface area contributed by atoms with E-state index in [1.54, 1.807) is 6.07 Å². The van der Waals surface area contributed by atoms with Crippen molar-refractivity contribution in [2.75, 3.05) is 12.3 Å². The summed E-state index contributed by atoms with van der Waals surface area (Å²) in [5.74, 6) is 0.219. The van der Waals surface area contributed by atoms with Gasteiger partial charge in [0.05, 0.1) is 12.2 Å². The van der Waals surface area contributed by atoms with Gasteiger partial charge in [-0.3, -0.25) is 0 Å². The van der Waals surface area contributed by atoms with Crippen LogP contribution in [0.25, 0.3) is 0 Å². The van der Waals surface area contributed by atoms with E-state index in [4.69, 9.17) is 10.5 Å². The standard InChI is InChI=1S/C10H13F2NO/c1-2-5-14-9-4-3-7(13)6-8(9)10(11)12/h3-4,6,10H,2,5,13H2,1H3. The van der Waals surface area contributed by atoms with Crippen molar-refractivity contribution < 1.29 is 13.5 Å². The third-order valence-electron chi connectivity index (χ3n) is 1.73. The van der Waals surface area contributed by atoms with E-state index in [0.717, 1.165) is 6.42 Å². The zero-order valence-corrected chi connectivity index (χ0v) is 7.97. The van der Waals surface area contributed by atoms with Gasteiger partial charge in [0.1, 0.15) is 5.75 Å². The van der Waals surface area contributed by atoms with Crippen molar-refractivity contribution in [1.29, 1.82) is 0 Å². The second-order valence-electron chi connectivity index (χ2n) is 2.95. The first-order valence-corrected chi connectivity index (χ1v) is 4.45. The molecule has 0 bridgehead atoms. The smallest absolute Gasteiger partial charge is 0.267 e. The zero-order valence-electron chi connectivity index (χ0n) is 7.97. The summed E-state index contributed by atoms with van der Waals surface area (Å²) in [6.07, 6.45) is -1.77. The van der Waals surface area contributed by atoms with Gasteiger partial charge in [-0.05, 0) is 24.6 Å². The van der Waals surface area contributed by atoms with Gasteiger partial charge < -0.3 is 10.5 Å². The van der Waals surface area contributed by atoms with Crippen LogP contribution >= 0.6 is 0 Å². The zero-order chi connectivity index (χ0) is 10.6. The Morgan fingerprint density at radius 2 is 2.14 bits per heavy atom. The van der Waals surface area contributed by atoms with Crippen molar-refractivity contribution >= 4 is 5.69 Å². The molecule has 4 heteroatoms. The summed E-state index contributed by atoms with van der Waals surface area (Å²) >= 11 is 0. The molecule has 0 radical (unpaired) electrons. The molecule has 2 N–H and O–H groups in total. The summed E-state index contributed by atoms with van der Waals surface area (Å²) in [6.45, 7) is 2.35. The first kappa shape index (κ1) is 10.8. The van der Waals surface area contributed by atoms with E-state index < -0.39 is 6.43 Å². The Balaban J connectivity index is 2.90. The van der Waals surface area contributed by atoms with Crippen LogP contribution in [0.5, 0.6) is 5.75 Å². The van der Waals surface area contributed by atoms with Gasteiger partial charge in [-0.15, -0.1) is 0 Å². The minimum Gasteiger partial charge on any atom is -0.493 e. The summed E-state index contributed by atoms with van der Waals surface area (Å²) in [5.41, 5.74) is 5.59. The largest absolute Gasteiger partial charge is 0.493 e. The van der Waals surface area contributed by atoms with Crippen molar-refractivity contribution in [2.45, 2.75) is 19.8 Å². The van der Waals surface area contributed by atoms with Gasteiger partial charge in [0, 0.05) is 5.69 Å². The average Bonchev–Trinajstić information content (AvgIpc) is 2.15. The van der Waals surface area contributed by atoms with Gasteiger partial charge in [-0.1, -0.05) is 6.92 Å². The lowest BCUT2D eigenvalue weighted by Crippen LogP contribution is -2.00. The number of alkyl halides is 2. The molecule has 0 aromatic heterocycles. The van der Waals surface area contributed by atoms with Crippen LogP contribution in [0.1, 0.15) is 25.3 Å². The molecule has 0 aliphatic heterocycles. The summed E-state index contributed by atoms with van der Waals surface area (Å²) in [7, 11) is 0. The third-order valence-corrected chi connectivity index (χ3v) is 1.73. The van der Waals surface area contributed by atoms with Crippen molar-refractivity contribution in [1.82, 2.24) is 0 Å². The molecular formula is C10H13F2NO. The molecular weight excluding hydrogens is 188 g/mol. The number of nitrogen functional groups attached to an aromatic ring is 1. The molecule has 1 rings (SSSR count). The van der Waals surface area contributed by atoms with Gasteiger partial charge in [-0.2, -0.15) is 0 Å². The highest BCUT2D eigenvalue weighted by Crippen LogP contribution is 2.30. The van der Waals surface area contributed by atoms with Crippen LogP contribution in [-0.2, 0) is 0 Å². The first-order valence-electron chi connectivity index (χ1n) is 4.45. The summed E-state index contributed by atoms with van der Waals surface area (Å²) in [5, 5.41) is 0. The van der Waals surface area contributed by atoms with Crippen molar-refractivity contribution in [3.05, 3.63) is 23.8 Å². The lowest BCUT2D eigenvalue weighted by Gasteiger charge is -2.10. The van der Waals surface area contributed by atoms with E-state index in [0.29, 0.717) is 12.3 Å². The Morgan fingerprint density at radius 1 is 1.43 bits per heavy atom. The highest BCUT2D eigenvalue weighted by molar-refractivity contribution is 5.48. The number of hydrogen-bond donors (Lipinski definition) is 1. The minimum atomic E-state index is -2.55. The fraction of sp³-hybridized carbons (Fsp3) is 0.400. The Morgan fingerprint density at radius 3 is 2.71 bits per heavy atom. The average molecular weight is 201 g/mol. The van der Waals surface area contributed by atoms with E-state index in [9.17, 15) is 8.78 Å². The van der Waals surface area contributed by atoms with E-state index in [1.165, 1.54) is 12.1 Å². The summed E-state index contributed by atoms with van der Waals surface area (Å²) < 4.78 is 30.2. The fourth-order valence-electron chi connectivity index (χ4n) is 1.08. The third kappa shape index (κ3) is 2.58. The van der Waals surface area contributed by atoms with Crippen LogP contribution in [0.4, 0.5) is 14.5 Å². The minimum absolute atomic E-state index is 0.140. The molecule has 0 amide bonds. The predicted octanol–water partition coefficient (Wildman–Crippen LogP) is 3.00.